The Morgan fingerprint density at radius 2 is 2.12 bits per heavy atom. The van der Waals surface area contributed by atoms with Crippen molar-refractivity contribution in [2.45, 2.75) is 20.3 Å². The van der Waals surface area contributed by atoms with E-state index in [-0.39, 0.29) is 0 Å². The van der Waals surface area contributed by atoms with Crippen LogP contribution in [-0.4, -0.2) is 11.3 Å². The summed E-state index contributed by atoms with van der Waals surface area (Å²) in [6.45, 7) is 4.11. The van der Waals surface area contributed by atoms with Gasteiger partial charge in [-0.15, -0.1) is 11.3 Å². The van der Waals surface area contributed by atoms with Gasteiger partial charge in [-0.05, 0) is 13.3 Å². The predicted octanol–water partition coefficient (Wildman–Crippen LogP) is 3.49. The third-order valence-electron chi connectivity index (χ3n) is 2.47. The number of nitrogens with zero attached hydrogens (tertiary/aromatic N) is 1. The molecule has 0 saturated heterocycles. The van der Waals surface area contributed by atoms with Gasteiger partial charge in [-0.3, -0.25) is 4.79 Å². The monoisotopic (exact) mass is 231 g/mol. The van der Waals surface area contributed by atoms with Gasteiger partial charge in [-0.1, -0.05) is 31.2 Å². The number of hydrogen-bond donors (Lipinski definition) is 0. The van der Waals surface area contributed by atoms with E-state index in [4.69, 9.17) is 0 Å². The Balaban J connectivity index is 2.61. The average Bonchev–Trinajstić information content (AvgIpc) is 2.70. The molecule has 0 radical (unpaired) electrons. The predicted molar refractivity (Wildman–Crippen MR) is 67.1 cm³/mol. The van der Waals surface area contributed by atoms with Crippen LogP contribution in [0.5, 0.6) is 0 Å². The fourth-order valence-electron chi connectivity index (χ4n) is 1.73. The Kier molecular flexibility index (Phi) is 3.15. The topological polar surface area (TPSA) is 30.0 Å². The van der Waals surface area contributed by atoms with Gasteiger partial charge in [0, 0.05) is 16.0 Å². The van der Waals surface area contributed by atoms with Crippen LogP contribution in [0.25, 0.3) is 11.3 Å². The van der Waals surface area contributed by atoms with Crippen LogP contribution in [-0.2, 0) is 6.42 Å². The van der Waals surface area contributed by atoms with Crippen molar-refractivity contribution in [1.82, 2.24) is 4.98 Å². The summed E-state index contributed by atoms with van der Waals surface area (Å²) in [4.78, 5) is 16.7. The zero-order chi connectivity index (χ0) is 11.5. The summed E-state index contributed by atoms with van der Waals surface area (Å²) in [7, 11) is 0. The third kappa shape index (κ3) is 1.91. The minimum Gasteiger partial charge on any atom is -0.298 e. The summed E-state index contributed by atoms with van der Waals surface area (Å²) in [5, 5.41) is 1.05. The molecule has 0 bridgehead atoms. The maximum absolute atomic E-state index is 11.0. The van der Waals surface area contributed by atoms with Gasteiger partial charge >= 0.3 is 0 Å². The lowest BCUT2D eigenvalue weighted by molar-refractivity contribution is 0.112. The third-order valence-corrected chi connectivity index (χ3v) is 3.58. The molecule has 3 heteroatoms. The molecule has 0 amide bonds. The first-order valence-corrected chi connectivity index (χ1v) is 6.08. The van der Waals surface area contributed by atoms with Gasteiger partial charge in [0.15, 0.2) is 6.29 Å². The average molecular weight is 231 g/mol. The molecule has 1 aromatic heterocycles. The van der Waals surface area contributed by atoms with E-state index in [1.165, 1.54) is 4.88 Å². The highest BCUT2D eigenvalue weighted by Gasteiger charge is 2.12. The van der Waals surface area contributed by atoms with Crippen molar-refractivity contribution in [3.05, 3.63) is 39.7 Å². The second-order valence-corrected chi connectivity index (χ2v) is 4.85. The zero-order valence-corrected chi connectivity index (χ0v) is 10.2. The van der Waals surface area contributed by atoms with E-state index >= 15 is 0 Å². The zero-order valence-electron chi connectivity index (χ0n) is 9.36. The number of carbonyl (C=O) groups is 1. The van der Waals surface area contributed by atoms with Crippen molar-refractivity contribution >= 4 is 17.6 Å². The summed E-state index contributed by atoms with van der Waals surface area (Å²) >= 11 is 1.70. The van der Waals surface area contributed by atoms with E-state index < -0.39 is 0 Å². The van der Waals surface area contributed by atoms with E-state index in [0.29, 0.717) is 5.56 Å². The number of rotatable bonds is 3. The Morgan fingerprint density at radius 3 is 2.81 bits per heavy atom. The smallest absolute Gasteiger partial charge is 0.150 e. The van der Waals surface area contributed by atoms with Gasteiger partial charge in [-0.2, -0.15) is 0 Å². The standard InChI is InChI=1S/C13H13NOS/c1-3-12-13(14-9(2)16-12)11-7-5-4-6-10(11)8-15/h4-8H,3H2,1-2H3. The maximum Gasteiger partial charge on any atom is 0.150 e. The quantitative estimate of drug-likeness (QED) is 0.757. The molecule has 0 aliphatic carbocycles. The van der Waals surface area contributed by atoms with Gasteiger partial charge in [0.1, 0.15) is 0 Å². The van der Waals surface area contributed by atoms with Crippen LogP contribution in [0.3, 0.4) is 0 Å². The molecule has 82 valence electrons. The molecule has 0 unspecified atom stereocenters. The number of carbonyl (C=O) groups excluding carboxylic acids is 1. The molecule has 0 N–H and O–H groups in total. The first-order chi connectivity index (χ1) is 7.76. The molecule has 1 heterocycles. The molecule has 0 aliphatic rings. The Bertz CT molecular complexity index is 516. The summed E-state index contributed by atoms with van der Waals surface area (Å²) in [6.07, 6.45) is 1.84. The van der Waals surface area contributed by atoms with Crippen LogP contribution in [0.1, 0.15) is 27.2 Å². The summed E-state index contributed by atoms with van der Waals surface area (Å²) in [5.41, 5.74) is 2.62. The van der Waals surface area contributed by atoms with Crippen LogP contribution in [0, 0.1) is 6.92 Å². The molecule has 2 nitrogen and oxygen atoms in total. The molecule has 2 rings (SSSR count). The molecule has 0 atom stereocenters. The fraction of sp³-hybridized carbons (Fsp3) is 0.231. The van der Waals surface area contributed by atoms with Crippen LogP contribution < -0.4 is 0 Å². The summed E-state index contributed by atoms with van der Waals surface area (Å²) in [5.74, 6) is 0. The van der Waals surface area contributed by atoms with E-state index in [1.807, 2.05) is 31.2 Å². The molecule has 0 saturated carbocycles. The van der Waals surface area contributed by atoms with Gasteiger partial charge in [0.05, 0.1) is 10.7 Å². The van der Waals surface area contributed by atoms with Crippen molar-refractivity contribution in [2.24, 2.45) is 0 Å². The van der Waals surface area contributed by atoms with Gasteiger partial charge in [0.25, 0.3) is 0 Å². The normalized spacial score (nSPS) is 10.4. The Morgan fingerprint density at radius 1 is 1.38 bits per heavy atom. The molecule has 2 aromatic rings. The SMILES string of the molecule is CCc1sc(C)nc1-c1ccccc1C=O. The first kappa shape index (κ1) is 11.0. The molecule has 0 fully saturated rings. The van der Waals surface area contributed by atoms with E-state index in [0.717, 1.165) is 29.0 Å². The van der Waals surface area contributed by atoms with Crippen LogP contribution >= 0.6 is 11.3 Å². The molecule has 0 spiro atoms. The van der Waals surface area contributed by atoms with Crippen molar-refractivity contribution in [1.29, 1.82) is 0 Å². The number of aromatic nitrogens is 1. The maximum atomic E-state index is 11.0. The second kappa shape index (κ2) is 4.58. The molecule has 1 aromatic carbocycles. The minimum atomic E-state index is 0.711. The number of aldehydes is 1. The van der Waals surface area contributed by atoms with Crippen molar-refractivity contribution in [2.75, 3.05) is 0 Å². The number of aryl methyl sites for hydroxylation is 2. The fourth-order valence-corrected chi connectivity index (χ4v) is 2.62. The second-order valence-electron chi connectivity index (χ2n) is 3.56. The molecular weight excluding hydrogens is 218 g/mol. The lowest BCUT2D eigenvalue weighted by Gasteiger charge is -2.02. The van der Waals surface area contributed by atoms with Gasteiger partial charge in [-0.25, -0.2) is 4.98 Å². The largest absolute Gasteiger partial charge is 0.298 e. The van der Waals surface area contributed by atoms with E-state index in [1.54, 1.807) is 11.3 Å². The van der Waals surface area contributed by atoms with Crippen LogP contribution in [0.15, 0.2) is 24.3 Å². The summed E-state index contributed by atoms with van der Waals surface area (Å²) in [6, 6.07) is 7.60. The Labute approximate surface area is 99.0 Å². The highest BCUT2D eigenvalue weighted by atomic mass is 32.1. The lowest BCUT2D eigenvalue weighted by atomic mass is 10.0. The van der Waals surface area contributed by atoms with Crippen molar-refractivity contribution in [3.63, 3.8) is 0 Å². The highest BCUT2D eigenvalue weighted by Crippen LogP contribution is 2.30. The highest BCUT2D eigenvalue weighted by molar-refractivity contribution is 7.12. The van der Waals surface area contributed by atoms with Crippen molar-refractivity contribution < 1.29 is 4.79 Å². The summed E-state index contributed by atoms with van der Waals surface area (Å²) < 4.78 is 0. The first-order valence-electron chi connectivity index (χ1n) is 5.27. The number of benzene rings is 1. The minimum absolute atomic E-state index is 0.711. The number of hydrogen-bond acceptors (Lipinski definition) is 3. The Hall–Kier alpha value is -1.48. The van der Waals surface area contributed by atoms with E-state index in [2.05, 4.69) is 11.9 Å². The van der Waals surface area contributed by atoms with Gasteiger partial charge in [0.2, 0.25) is 0 Å². The van der Waals surface area contributed by atoms with Crippen LogP contribution in [0.4, 0.5) is 0 Å². The molecular formula is C13H13NOS. The molecule has 0 aliphatic heterocycles. The van der Waals surface area contributed by atoms with Gasteiger partial charge < -0.3 is 0 Å². The van der Waals surface area contributed by atoms with Crippen molar-refractivity contribution in [3.8, 4) is 11.3 Å². The lowest BCUT2D eigenvalue weighted by Crippen LogP contribution is -1.90. The van der Waals surface area contributed by atoms with Crippen LogP contribution in [0.2, 0.25) is 0 Å². The number of thiazole rings is 1. The molecule has 16 heavy (non-hydrogen) atoms. The van der Waals surface area contributed by atoms with E-state index in [9.17, 15) is 4.79 Å².